The van der Waals surface area contributed by atoms with Crippen LogP contribution in [0.25, 0.3) is 0 Å². The lowest BCUT2D eigenvalue weighted by atomic mass is 10.8. The van der Waals surface area contributed by atoms with Gasteiger partial charge in [0.05, 0.1) is 13.2 Å². The standard InChI is InChI=1S/C7H17Cl2NO3P2/c1-4-10(14(8)9)7-15(11,12-5-2)13-6-3/h4-7H2,1-3H3. The third-order valence-corrected chi connectivity index (χ3v) is 5.92. The van der Waals surface area contributed by atoms with Crippen LogP contribution in [0.2, 0.25) is 0 Å². The number of hydrogen-bond acceptors (Lipinski definition) is 4. The molecule has 4 nitrogen and oxygen atoms in total. The first-order chi connectivity index (χ1) is 6.99. The largest absolute Gasteiger partial charge is 0.344 e. The van der Waals surface area contributed by atoms with Gasteiger partial charge < -0.3 is 9.05 Å². The predicted molar refractivity (Wildman–Crippen MR) is 66.7 cm³/mol. The second-order valence-corrected chi connectivity index (χ2v) is 8.08. The molecule has 0 aliphatic heterocycles. The summed E-state index contributed by atoms with van der Waals surface area (Å²) in [5.74, 6) is 0. The van der Waals surface area contributed by atoms with E-state index < -0.39 is 14.4 Å². The van der Waals surface area contributed by atoms with E-state index >= 15 is 0 Å². The van der Waals surface area contributed by atoms with Crippen LogP contribution in [0.1, 0.15) is 20.8 Å². The molecule has 0 aromatic rings. The lowest BCUT2D eigenvalue weighted by Crippen LogP contribution is -2.18. The first-order valence-electron chi connectivity index (χ1n) is 4.73. The van der Waals surface area contributed by atoms with Crippen LogP contribution in [0.4, 0.5) is 0 Å². The lowest BCUT2D eigenvalue weighted by Gasteiger charge is -2.25. The molecule has 0 amide bonds. The highest BCUT2D eigenvalue weighted by atomic mass is 35.9. The molecule has 15 heavy (non-hydrogen) atoms. The van der Waals surface area contributed by atoms with Crippen LogP contribution in [-0.4, -0.2) is 30.7 Å². The Morgan fingerprint density at radius 3 is 1.93 bits per heavy atom. The minimum Gasteiger partial charge on any atom is -0.308 e. The van der Waals surface area contributed by atoms with E-state index in [-0.39, 0.29) is 6.29 Å². The van der Waals surface area contributed by atoms with Gasteiger partial charge in [0.1, 0.15) is 6.29 Å². The first-order valence-corrected chi connectivity index (χ1v) is 9.57. The van der Waals surface area contributed by atoms with Gasteiger partial charge >= 0.3 is 7.60 Å². The molecule has 0 aromatic heterocycles. The fraction of sp³-hybridized carbons (Fsp3) is 1.00. The summed E-state index contributed by atoms with van der Waals surface area (Å²) in [6.45, 7) is 5.43. The molecule has 0 aliphatic rings. The third-order valence-electron chi connectivity index (χ3n) is 1.57. The van der Waals surface area contributed by atoms with E-state index in [0.29, 0.717) is 19.8 Å². The molecule has 0 aromatic carbocycles. The van der Waals surface area contributed by atoms with Crippen LogP contribution < -0.4 is 0 Å². The van der Waals surface area contributed by atoms with Crippen LogP contribution in [0.5, 0.6) is 0 Å². The zero-order chi connectivity index (χ0) is 11.9. The van der Waals surface area contributed by atoms with Crippen LogP contribution >= 0.6 is 36.9 Å². The fourth-order valence-corrected chi connectivity index (χ4v) is 5.15. The summed E-state index contributed by atoms with van der Waals surface area (Å²) < 4.78 is 24.1. The normalized spacial score (nSPS) is 12.7. The summed E-state index contributed by atoms with van der Waals surface area (Å²) in [4.78, 5) is 0. The van der Waals surface area contributed by atoms with E-state index in [9.17, 15) is 4.57 Å². The van der Waals surface area contributed by atoms with Gasteiger partial charge in [0.15, 0.2) is 6.78 Å². The van der Waals surface area contributed by atoms with Crippen molar-refractivity contribution in [1.29, 1.82) is 0 Å². The summed E-state index contributed by atoms with van der Waals surface area (Å²) in [7, 11) is -3.07. The van der Waals surface area contributed by atoms with Gasteiger partial charge in [-0.1, -0.05) is 29.4 Å². The summed E-state index contributed by atoms with van der Waals surface area (Å²) >= 11 is 11.5. The summed E-state index contributed by atoms with van der Waals surface area (Å²) in [6, 6.07) is 0. The maximum Gasteiger partial charge on any atom is 0.344 e. The fourth-order valence-electron chi connectivity index (χ4n) is 0.967. The van der Waals surface area contributed by atoms with Gasteiger partial charge in [-0.3, -0.25) is 4.57 Å². The quantitative estimate of drug-likeness (QED) is 0.628. The Morgan fingerprint density at radius 2 is 1.67 bits per heavy atom. The number of halogens is 2. The first kappa shape index (κ1) is 16.1. The van der Waals surface area contributed by atoms with Gasteiger partial charge in [-0.25, -0.2) is 4.67 Å². The maximum absolute atomic E-state index is 12.1. The SMILES string of the molecule is CCOP(=O)(CN(CC)P(Cl)Cl)OCC. The molecule has 0 rings (SSSR count). The minimum atomic E-state index is -3.07. The smallest absolute Gasteiger partial charge is 0.308 e. The second-order valence-electron chi connectivity index (χ2n) is 2.63. The summed E-state index contributed by atoms with van der Waals surface area (Å²) in [6.07, 6.45) is 0.143. The van der Waals surface area contributed by atoms with Crippen molar-refractivity contribution in [3.05, 3.63) is 0 Å². The molecule has 0 saturated carbocycles. The van der Waals surface area contributed by atoms with Crippen molar-refractivity contribution < 1.29 is 13.6 Å². The highest BCUT2D eigenvalue weighted by Crippen LogP contribution is 2.57. The Labute approximate surface area is 102 Å². The Balaban J connectivity index is 4.43. The van der Waals surface area contributed by atoms with E-state index in [0.717, 1.165) is 0 Å². The molecule has 0 spiro atoms. The molecule has 92 valence electrons. The van der Waals surface area contributed by atoms with Crippen LogP contribution in [0, 0.1) is 0 Å². The lowest BCUT2D eigenvalue weighted by molar-refractivity contribution is 0.212. The van der Waals surface area contributed by atoms with Gasteiger partial charge in [0.2, 0.25) is 0 Å². The van der Waals surface area contributed by atoms with Crippen LogP contribution in [-0.2, 0) is 13.6 Å². The number of rotatable bonds is 8. The van der Waals surface area contributed by atoms with Crippen LogP contribution in [0.15, 0.2) is 0 Å². The average molecular weight is 296 g/mol. The summed E-state index contributed by atoms with van der Waals surface area (Å²) in [5, 5.41) is 0. The highest BCUT2D eigenvalue weighted by Gasteiger charge is 2.29. The molecular weight excluding hydrogens is 279 g/mol. The van der Waals surface area contributed by atoms with E-state index in [1.165, 1.54) is 0 Å². The van der Waals surface area contributed by atoms with Crippen molar-refractivity contribution in [2.24, 2.45) is 0 Å². The maximum atomic E-state index is 12.1. The molecule has 0 unspecified atom stereocenters. The van der Waals surface area contributed by atoms with Crippen LogP contribution in [0.3, 0.4) is 0 Å². The Kier molecular flexibility index (Phi) is 8.86. The third kappa shape index (κ3) is 6.43. The van der Waals surface area contributed by atoms with Crippen molar-refractivity contribution in [3.8, 4) is 0 Å². The van der Waals surface area contributed by atoms with Gasteiger partial charge in [-0.05, 0) is 13.8 Å². The zero-order valence-electron chi connectivity index (χ0n) is 9.15. The predicted octanol–water partition coefficient (Wildman–Crippen LogP) is 4.24. The van der Waals surface area contributed by atoms with Crippen molar-refractivity contribution in [2.45, 2.75) is 20.8 Å². The monoisotopic (exact) mass is 295 g/mol. The molecule has 0 saturated heterocycles. The van der Waals surface area contributed by atoms with Gasteiger partial charge in [0.25, 0.3) is 0 Å². The van der Waals surface area contributed by atoms with E-state index in [1.807, 2.05) is 6.92 Å². The summed E-state index contributed by atoms with van der Waals surface area (Å²) in [5.41, 5.74) is 0. The molecule has 8 heteroatoms. The number of nitrogens with zero attached hydrogens (tertiary/aromatic N) is 1. The molecule has 0 radical (unpaired) electrons. The highest BCUT2D eigenvalue weighted by molar-refractivity contribution is 8.02. The molecule has 0 bridgehead atoms. The average Bonchev–Trinajstić information content (AvgIpc) is 2.14. The molecule has 0 heterocycles. The van der Waals surface area contributed by atoms with Crippen molar-refractivity contribution >= 4 is 36.9 Å². The minimum absolute atomic E-state index is 0.143. The molecule has 0 fully saturated rings. The Morgan fingerprint density at radius 1 is 1.20 bits per heavy atom. The van der Waals surface area contributed by atoms with E-state index in [2.05, 4.69) is 0 Å². The Bertz CT molecular complexity index is 208. The van der Waals surface area contributed by atoms with E-state index in [4.69, 9.17) is 31.5 Å². The van der Waals surface area contributed by atoms with Gasteiger partial charge in [-0.15, -0.1) is 0 Å². The zero-order valence-corrected chi connectivity index (χ0v) is 12.5. The van der Waals surface area contributed by atoms with Gasteiger partial charge in [0, 0.05) is 6.54 Å². The van der Waals surface area contributed by atoms with Crippen molar-refractivity contribution in [1.82, 2.24) is 4.67 Å². The van der Waals surface area contributed by atoms with Gasteiger partial charge in [-0.2, -0.15) is 0 Å². The van der Waals surface area contributed by atoms with Crippen molar-refractivity contribution in [3.63, 3.8) is 0 Å². The van der Waals surface area contributed by atoms with E-state index in [1.54, 1.807) is 18.5 Å². The molecular formula is C7H17Cl2NO3P2. The molecule has 0 atom stereocenters. The second kappa shape index (κ2) is 8.25. The molecule has 0 N–H and O–H groups in total. The number of hydrogen-bond donors (Lipinski definition) is 0. The van der Waals surface area contributed by atoms with Crippen molar-refractivity contribution in [2.75, 3.05) is 26.0 Å². The topological polar surface area (TPSA) is 38.8 Å². The Hall–Kier alpha value is 1.12. The molecule has 0 aliphatic carbocycles.